The van der Waals surface area contributed by atoms with Gasteiger partial charge in [-0.05, 0) is 20.0 Å². The number of pyridine rings is 1. The van der Waals surface area contributed by atoms with E-state index < -0.39 is 5.91 Å². The average Bonchev–Trinajstić information content (AvgIpc) is 2.18. The summed E-state index contributed by atoms with van der Waals surface area (Å²) in [6.07, 6.45) is 1.53. The minimum absolute atomic E-state index is 0.0260. The zero-order valence-corrected chi connectivity index (χ0v) is 8.86. The monoisotopic (exact) mass is 209 g/mol. The molecule has 0 aliphatic heterocycles. The highest BCUT2D eigenvalue weighted by Crippen LogP contribution is 2.12. The van der Waals surface area contributed by atoms with Crippen LogP contribution in [-0.2, 0) is 0 Å². The molecule has 82 valence electrons. The summed E-state index contributed by atoms with van der Waals surface area (Å²) < 4.78 is 5.54. The molecule has 1 rings (SSSR count). The van der Waals surface area contributed by atoms with Gasteiger partial charge in [-0.3, -0.25) is 9.78 Å². The summed E-state index contributed by atoms with van der Waals surface area (Å²) >= 11 is 0. The third kappa shape index (κ3) is 3.55. The first-order valence-corrected chi connectivity index (χ1v) is 4.70. The fourth-order valence-corrected chi connectivity index (χ4v) is 1.18. The third-order valence-corrected chi connectivity index (χ3v) is 1.81. The number of aromatic nitrogens is 1. The Hall–Kier alpha value is -1.62. The van der Waals surface area contributed by atoms with Gasteiger partial charge in [-0.1, -0.05) is 0 Å². The maximum Gasteiger partial charge on any atom is 0.267 e. The number of nitrogens with one attached hydrogen (secondary N) is 1. The first-order valence-electron chi connectivity index (χ1n) is 4.70. The van der Waals surface area contributed by atoms with Gasteiger partial charge in [0.2, 0.25) is 0 Å². The number of carbonyl (C=O) groups excluding carboxylic acids is 1. The molecule has 0 radical (unpaired) electrons. The molecule has 0 aromatic carbocycles. The Balaban J connectivity index is 2.69. The third-order valence-electron chi connectivity index (χ3n) is 1.81. The second kappa shape index (κ2) is 5.31. The number of ether oxygens (including phenoxy) is 1. The molecule has 0 saturated heterocycles. The van der Waals surface area contributed by atoms with Crippen LogP contribution in [-0.4, -0.2) is 30.6 Å². The molecule has 1 amide bonds. The average molecular weight is 209 g/mol. The highest BCUT2D eigenvalue weighted by molar-refractivity contribution is 5.91. The number of amides is 1. The molecular weight excluding hydrogens is 194 g/mol. The Kier molecular flexibility index (Phi) is 4.05. The summed E-state index contributed by atoms with van der Waals surface area (Å²) in [6, 6.07) is 3.23. The van der Waals surface area contributed by atoms with Crippen LogP contribution in [0.3, 0.4) is 0 Å². The van der Waals surface area contributed by atoms with Crippen molar-refractivity contribution in [3.05, 3.63) is 24.0 Å². The Morgan fingerprint density at radius 2 is 2.47 bits per heavy atom. The van der Waals surface area contributed by atoms with E-state index in [0.717, 1.165) is 6.54 Å². The summed E-state index contributed by atoms with van der Waals surface area (Å²) in [5.41, 5.74) is 5.31. The van der Waals surface area contributed by atoms with Crippen LogP contribution in [0, 0.1) is 0 Å². The van der Waals surface area contributed by atoms with Crippen LogP contribution >= 0.6 is 0 Å². The zero-order chi connectivity index (χ0) is 11.3. The fourth-order valence-electron chi connectivity index (χ4n) is 1.18. The van der Waals surface area contributed by atoms with Gasteiger partial charge in [0.25, 0.3) is 5.91 Å². The van der Waals surface area contributed by atoms with E-state index in [1.807, 2.05) is 14.0 Å². The molecule has 3 N–H and O–H groups in total. The molecule has 1 aromatic heterocycles. The lowest BCUT2D eigenvalue weighted by Crippen LogP contribution is -2.26. The highest BCUT2D eigenvalue weighted by atomic mass is 16.5. The quantitative estimate of drug-likeness (QED) is 0.724. The molecular formula is C10H15N3O2. The first-order chi connectivity index (χ1) is 7.13. The van der Waals surface area contributed by atoms with Gasteiger partial charge in [-0.25, -0.2) is 0 Å². The summed E-state index contributed by atoms with van der Waals surface area (Å²) in [5.74, 6) is 0.0447. The van der Waals surface area contributed by atoms with Crippen LogP contribution in [0.2, 0.25) is 0 Å². The molecule has 15 heavy (non-hydrogen) atoms. The largest absolute Gasteiger partial charge is 0.489 e. The Labute approximate surface area is 88.6 Å². The van der Waals surface area contributed by atoms with Gasteiger partial charge in [0.05, 0.1) is 0 Å². The van der Waals surface area contributed by atoms with Crippen LogP contribution in [0.15, 0.2) is 18.3 Å². The molecule has 1 unspecified atom stereocenters. The molecule has 1 heterocycles. The van der Waals surface area contributed by atoms with Crippen LogP contribution in [0.5, 0.6) is 5.75 Å². The molecule has 5 nitrogen and oxygen atoms in total. The number of nitrogens with zero attached hydrogens (tertiary/aromatic N) is 1. The summed E-state index contributed by atoms with van der Waals surface area (Å²) in [5, 5.41) is 2.99. The van der Waals surface area contributed by atoms with Gasteiger partial charge in [0.15, 0.2) is 0 Å². The van der Waals surface area contributed by atoms with Crippen molar-refractivity contribution in [2.24, 2.45) is 5.73 Å². The van der Waals surface area contributed by atoms with Crippen molar-refractivity contribution in [2.45, 2.75) is 13.0 Å². The van der Waals surface area contributed by atoms with Crippen molar-refractivity contribution in [2.75, 3.05) is 13.6 Å². The van der Waals surface area contributed by atoms with E-state index in [9.17, 15) is 4.79 Å². The molecule has 0 spiro atoms. The number of hydrogen-bond donors (Lipinski definition) is 2. The number of carbonyl (C=O) groups is 1. The first kappa shape index (κ1) is 11.5. The van der Waals surface area contributed by atoms with Crippen LogP contribution < -0.4 is 15.8 Å². The lowest BCUT2D eigenvalue weighted by molar-refractivity contribution is 0.0994. The predicted octanol–water partition coefficient (Wildman–Crippen LogP) is 0.167. The van der Waals surface area contributed by atoms with Crippen LogP contribution in [0.25, 0.3) is 0 Å². The second-order valence-corrected chi connectivity index (χ2v) is 3.23. The predicted molar refractivity (Wildman–Crippen MR) is 56.8 cm³/mol. The molecule has 0 aliphatic carbocycles. The van der Waals surface area contributed by atoms with E-state index in [1.165, 1.54) is 12.3 Å². The summed E-state index contributed by atoms with van der Waals surface area (Å²) in [7, 11) is 1.85. The normalized spacial score (nSPS) is 12.1. The Morgan fingerprint density at radius 1 is 1.73 bits per heavy atom. The van der Waals surface area contributed by atoms with E-state index in [-0.39, 0.29) is 11.8 Å². The molecule has 0 fully saturated rings. The molecule has 0 aliphatic rings. The SMILES string of the molecule is CNCC(C)Oc1ccnc(C(N)=O)c1. The molecule has 5 heteroatoms. The standard InChI is InChI=1S/C10H15N3O2/c1-7(6-12-2)15-8-3-4-13-9(5-8)10(11)14/h3-5,7,12H,6H2,1-2H3,(H2,11,14). The van der Waals surface area contributed by atoms with Crippen LogP contribution in [0.1, 0.15) is 17.4 Å². The topological polar surface area (TPSA) is 77.2 Å². The lowest BCUT2D eigenvalue weighted by Gasteiger charge is -2.13. The van der Waals surface area contributed by atoms with E-state index >= 15 is 0 Å². The number of likely N-dealkylation sites (N-methyl/N-ethyl adjacent to an activating group) is 1. The van der Waals surface area contributed by atoms with Crippen molar-refractivity contribution in [1.29, 1.82) is 0 Å². The number of primary amides is 1. The van der Waals surface area contributed by atoms with Gasteiger partial charge >= 0.3 is 0 Å². The molecule has 1 aromatic rings. The van der Waals surface area contributed by atoms with Gasteiger partial charge < -0.3 is 15.8 Å². The van der Waals surface area contributed by atoms with E-state index in [1.54, 1.807) is 6.07 Å². The minimum Gasteiger partial charge on any atom is -0.489 e. The Morgan fingerprint density at radius 3 is 3.07 bits per heavy atom. The van der Waals surface area contributed by atoms with Crippen molar-refractivity contribution >= 4 is 5.91 Å². The fraction of sp³-hybridized carbons (Fsp3) is 0.400. The van der Waals surface area contributed by atoms with Gasteiger partial charge in [-0.15, -0.1) is 0 Å². The molecule has 0 bridgehead atoms. The number of rotatable bonds is 5. The smallest absolute Gasteiger partial charge is 0.267 e. The van der Waals surface area contributed by atoms with E-state index in [2.05, 4.69) is 10.3 Å². The lowest BCUT2D eigenvalue weighted by atomic mass is 10.3. The summed E-state index contributed by atoms with van der Waals surface area (Å²) in [6.45, 7) is 2.66. The van der Waals surface area contributed by atoms with Crippen molar-refractivity contribution in [1.82, 2.24) is 10.3 Å². The maximum absolute atomic E-state index is 10.9. The van der Waals surface area contributed by atoms with Crippen molar-refractivity contribution < 1.29 is 9.53 Å². The molecule has 0 saturated carbocycles. The van der Waals surface area contributed by atoms with Crippen molar-refractivity contribution in [3.63, 3.8) is 0 Å². The van der Waals surface area contributed by atoms with Crippen molar-refractivity contribution in [3.8, 4) is 5.75 Å². The Bertz CT molecular complexity index is 341. The van der Waals surface area contributed by atoms with Gasteiger partial charge in [0, 0.05) is 18.8 Å². The zero-order valence-electron chi connectivity index (χ0n) is 8.86. The number of hydrogen-bond acceptors (Lipinski definition) is 4. The molecule has 1 atom stereocenters. The second-order valence-electron chi connectivity index (χ2n) is 3.23. The number of nitrogens with two attached hydrogens (primary N) is 1. The minimum atomic E-state index is -0.554. The highest BCUT2D eigenvalue weighted by Gasteiger charge is 2.06. The van der Waals surface area contributed by atoms with E-state index in [4.69, 9.17) is 10.5 Å². The summed E-state index contributed by atoms with van der Waals surface area (Å²) in [4.78, 5) is 14.7. The van der Waals surface area contributed by atoms with E-state index in [0.29, 0.717) is 5.75 Å². The maximum atomic E-state index is 10.9. The van der Waals surface area contributed by atoms with Gasteiger partial charge in [-0.2, -0.15) is 0 Å². The van der Waals surface area contributed by atoms with Crippen LogP contribution in [0.4, 0.5) is 0 Å². The van der Waals surface area contributed by atoms with Gasteiger partial charge in [0.1, 0.15) is 17.5 Å².